The Labute approximate surface area is 142 Å². The highest BCUT2D eigenvalue weighted by Gasteiger charge is 2.21. The van der Waals surface area contributed by atoms with Crippen LogP contribution < -0.4 is 10.6 Å². The molecular formula is C15H34IN3O. The van der Waals surface area contributed by atoms with Crippen molar-refractivity contribution < 1.29 is 5.11 Å². The molecule has 0 saturated carbocycles. The zero-order valence-electron chi connectivity index (χ0n) is 13.8. The molecule has 0 aliphatic heterocycles. The summed E-state index contributed by atoms with van der Waals surface area (Å²) in [6, 6.07) is 0. The molecule has 0 unspecified atom stereocenters. The van der Waals surface area contributed by atoms with Crippen LogP contribution in [0.1, 0.15) is 60.3 Å². The lowest BCUT2D eigenvalue weighted by molar-refractivity contribution is 0.0418. The number of hydrogen-bond donors (Lipinski definition) is 3. The third kappa shape index (κ3) is 9.00. The molecule has 0 aromatic heterocycles. The topological polar surface area (TPSA) is 56.7 Å². The van der Waals surface area contributed by atoms with Crippen molar-refractivity contribution in [3.63, 3.8) is 0 Å². The van der Waals surface area contributed by atoms with Crippen molar-refractivity contribution in [3.8, 4) is 0 Å². The average molecular weight is 399 g/mol. The lowest BCUT2D eigenvalue weighted by atomic mass is 9.98. The largest absolute Gasteiger partial charge is 0.388 e. The van der Waals surface area contributed by atoms with E-state index in [9.17, 15) is 5.11 Å². The molecule has 0 bridgehead atoms. The predicted molar refractivity (Wildman–Crippen MR) is 99.0 cm³/mol. The van der Waals surface area contributed by atoms with Gasteiger partial charge in [0.05, 0.1) is 12.1 Å². The Kier molecular flexibility index (Phi) is 14.1. The predicted octanol–water partition coefficient (Wildman–Crippen LogP) is 3.15. The molecule has 0 saturated heterocycles. The number of guanidine groups is 1. The summed E-state index contributed by atoms with van der Waals surface area (Å²) in [6.07, 6.45) is 3.82. The maximum absolute atomic E-state index is 10.3. The lowest BCUT2D eigenvalue weighted by Gasteiger charge is -2.24. The van der Waals surface area contributed by atoms with Crippen molar-refractivity contribution in [3.05, 3.63) is 0 Å². The van der Waals surface area contributed by atoms with Crippen LogP contribution in [-0.4, -0.2) is 36.3 Å². The van der Waals surface area contributed by atoms with Gasteiger partial charge in [0.1, 0.15) is 0 Å². The Balaban J connectivity index is 0. The van der Waals surface area contributed by atoms with E-state index in [4.69, 9.17) is 0 Å². The van der Waals surface area contributed by atoms with Crippen LogP contribution in [0.25, 0.3) is 0 Å². The summed E-state index contributed by atoms with van der Waals surface area (Å²) in [7, 11) is 0. The first-order valence-electron chi connectivity index (χ1n) is 7.79. The van der Waals surface area contributed by atoms with Gasteiger partial charge in [-0.25, -0.2) is 0 Å². The average Bonchev–Trinajstić information content (AvgIpc) is 2.45. The zero-order valence-corrected chi connectivity index (χ0v) is 16.2. The fourth-order valence-corrected chi connectivity index (χ4v) is 1.86. The number of aliphatic hydroxyl groups is 1. The van der Waals surface area contributed by atoms with E-state index in [1.54, 1.807) is 0 Å². The van der Waals surface area contributed by atoms with Crippen LogP contribution >= 0.6 is 24.0 Å². The fraction of sp³-hybridized carbons (Fsp3) is 0.933. The Morgan fingerprint density at radius 1 is 1.05 bits per heavy atom. The SMILES string of the molecule is CCNC(=NCC(O)(CC)CC)NCC(CC)CC.I. The van der Waals surface area contributed by atoms with Gasteiger partial charge in [-0.15, -0.1) is 24.0 Å². The van der Waals surface area contributed by atoms with E-state index in [2.05, 4.69) is 36.4 Å². The second-order valence-corrected chi connectivity index (χ2v) is 5.19. The first-order valence-corrected chi connectivity index (χ1v) is 7.79. The third-order valence-corrected chi connectivity index (χ3v) is 3.90. The smallest absolute Gasteiger partial charge is 0.191 e. The Bertz CT molecular complexity index is 252. The van der Waals surface area contributed by atoms with Crippen molar-refractivity contribution in [2.45, 2.75) is 65.9 Å². The van der Waals surface area contributed by atoms with Gasteiger partial charge in [0.15, 0.2) is 5.96 Å². The molecule has 122 valence electrons. The number of halogens is 1. The summed E-state index contributed by atoms with van der Waals surface area (Å²) in [4.78, 5) is 4.51. The third-order valence-electron chi connectivity index (χ3n) is 3.90. The van der Waals surface area contributed by atoms with Crippen LogP contribution in [0.2, 0.25) is 0 Å². The second-order valence-electron chi connectivity index (χ2n) is 5.19. The molecule has 0 spiro atoms. The summed E-state index contributed by atoms with van der Waals surface area (Å²) in [5, 5.41) is 16.9. The van der Waals surface area contributed by atoms with Crippen molar-refractivity contribution in [1.82, 2.24) is 10.6 Å². The molecule has 0 rings (SSSR count). The van der Waals surface area contributed by atoms with Gasteiger partial charge in [0.25, 0.3) is 0 Å². The number of aliphatic imine (C=N–C) groups is 1. The first kappa shape index (κ1) is 22.2. The van der Waals surface area contributed by atoms with Crippen molar-refractivity contribution in [2.75, 3.05) is 19.6 Å². The summed E-state index contributed by atoms with van der Waals surface area (Å²) < 4.78 is 0. The second kappa shape index (κ2) is 12.7. The van der Waals surface area contributed by atoms with Gasteiger partial charge in [-0.05, 0) is 25.7 Å². The quantitative estimate of drug-likeness (QED) is 0.317. The Morgan fingerprint density at radius 3 is 2.00 bits per heavy atom. The minimum absolute atomic E-state index is 0. The molecular weight excluding hydrogens is 365 g/mol. The van der Waals surface area contributed by atoms with Gasteiger partial charge >= 0.3 is 0 Å². The van der Waals surface area contributed by atoms with E-state index in [-0.39, 0.29) is 24.0 Å². The number of nitrogens with zero attached hydrogens (tertiary/aromatic N) is 1. The molecule has 0 aliphatic carbocycles. The van der Waals surface area contributed by atoms with E-state index in [0.29, 0.717) is 12.5 Å². The molecule has 3 N–H and O–H groups in total. The fourth-order valence-electron chi connectivity index (χ4n) is 1.86. The van der Waals surface area contributed by atoms with E-state index in [0.717, 1.165) is 31.9 Å². The Hall–Kier alpha value is -0.0400. The van der Waals surface area contributed by atoms with E-state index >= 15 is 0 Å². The van der Waals surface area contributed by atoms with Crippen LogP contribution in [0, 0.1) is 5.92 Å². The molecule has 5 heteroatoms. The number of hydrogen-bond acceptors (Lipinski definition) is 2. The van der Waals surface area contributed by atoms with Gasteiger partial charge in [0, 0.05) is 13.1 Å². The molecule has 0 aliphatic rings. The van der Waals surface area contributed by atoms with Gasteiger partial charge in [-0.3, -0.25) is 4.99 Å². The molecule has 20 heavy (non-hydrogen) atoms. The van der Waals surface area contributed by atoms with Crippen LogP contribution in [-0.2, 0) is 0 Å². The first-order chi connectivity index (χ1) is 9.05. The van der Waals surface area contributed by atoms with Crippen molar-refractivity contribution in [1.29, 1.82) is 0 Å². The van der Waals surface area contributed by atoms with E-state index in [1.807, 2.05) is 13.8 Å². The number of rotatable bonds is 9. The molecule has 0 heterocycles. The van der Waals surface area contributed by atoms with Gasteiger partial charge < -0.3 is 15.7 Å². The van der Waals surface area contributed by atoms with Crippen molar-refractivity contribution >= 4 is 29.9 Å². The molecule has 4 nitrogen and oxygen atoms in total. The van der Waals surface area contributed by atoms with Gasteiger partial charge in [-0.1, -0.05) is 40.5 Å². The zero-order chi connectivity index (χ0) is 14.7. The van der Waals surface area contributed by atoms with E-state index < -0.39 is 5.60 Å². The van der Waals surface area contributed by atoms with Crippen LogP contribution in [0.3, 0.4) is 0 Å². The summed E-state index contributed by atoms with van der Waals surface area (Å²) >= 11 is 0. The summed E-state index contributed by atoms with van der Waals surface area (Å²) in [5.41, 5.74) is -0.669. The van der Waals surface area contributed by atoms with Gasteiger partial charge in [0.2, 0.25) is 0 Å². The molecule has 0 atom stereocenters. The standard InChI is InChI=1S/C15H33N3O.HI/c1-6-13(7-2)11-17-14(16-10-5)18-12-15(19,8-3)9-4;/h13,19H,6-12H2,1-5H3,(H2,16,17,18);1H. The highest BCUT2D eigenvalue weighted by atomic mass is 127. The highest BCUT2D eigenvalue weighted by Crippen LogP contribution is 2.14. The van der Waals surface area contributed by atoms with Crippen LogP contribution in [0.4, 0.5) is 0 Å². The normalized spacial score (nSPS) is 12.2. The van der Waals surface area contributed by atoms with Crippen LogP contribution in [0.15, 0.2) is 4.99 Å². The van der Waals surface area contributed by atoms with Crippen LogP contribution in [0.5, 0.6) is 0 Å². The minimum atomic E-state index is -0.669. The maximum atomic E-state index is 10.3. The summed E-state index contributed by atoms with van der Waals surface area (Å²) in [6.45, 7) is 12.7. The molecule has 0 aromatic carbocycles. The molecule has 0 radical (unpaired) electrons. The summed E-state index contributed by atoms with van der Waals surface area (Å²) in [5.74, 6) is 1.50. The maximum Gasteiger partial charge on any atom is 0.191 e. The highest BCUT2D eigenvalue weighted by molar-refractivity contribution is 14.0. The molecule has 0 fully saturated rings. The van der Waals surface area contributed by atoms with Gasteiger partial charge in [-0.2, -0.15) is 0 Å². The monoisotopic (exact) mass is 399 g/mol. The van der Waals surface area contributed by atoms with E-state index in [1.165, 1.54) is 12.8 Å². The Morgan fingerprint density at radius 2 is 1.60 bits per heavy atom. The minimum Gasteiger partial charge on any atom is -0.388 e. The molecule has 0 aromatic rings. The number of nitrogens with one attached hydrogen (secondary N) is 2. The lowest BCUT2D eigenvalue weighted by Crippen LogP contribution is -2.41. The van der Waals surface area contributed by atoms with Crippen molar-refractivity contribution in [2.24, 2.45) is 10.9 Å². The molecule has 0 amide bonds.